The smallest absolute Gasteiger partial charge is 0.418 e. The van der Waals surface area contributed by atoms with E-state index in [1.165, 1.54) is 6.07 Å². The van der Waals surface area contributed by atoms with Crippen molar-refractivity contribution in [2.75, 3.05) is 0 Å². The van der Waals surface area contributed by atoms with E-state index in [2.05, 4.69) is 4.98 Å². The van der Waals surface area contributed by atoms with Gasteiger partial charge in [-0.25, -0.2) is 18.6 Å². The van der Waals surface area contributed by atoms with Crippen LogP contribution in [-0.4, -0.2) is 16.1 Å². The molecule has 0 spiro atoms. The number of hydrogen-bond donors (Lipinski definition) is 1. The fraction of sp³-hybridized carbons (Fsp3) is 0.0588. The van der Waals surface area contributed by atoms with Crippen LogP contribution in [0.3, 0.4) is 0 Å². The topological polar surface area (TPSA) is 50.2 Å². The maximum atomic E-state index is 13.4. The molecule has 1 N–H and O–H groups in total. The van der Waals surface area contributed by atoms with Crippen molar-refractivity contribution in [2.24, 2.45) is 0 Å². The molecule has 0 saturated heterocycles. The summed E-state index contributed by atoms with van der Waals surface area (Å²) in [6.45, 7) is 0. The van der Waals surface area contributed by atoms with Crippen molar-refractivity contribution in [3.05, 3.63) is 65.2 Å². The highest BCUT2D eigenvalue weighted by atomic mass is 19.4. The molecular formula is C17H8F5NO2. The molecule has 0 saturated carbocycles. The number of halogens is 5. The van der Waals surface area contributed by atoms with Crippen LogP contribution in [0.1, 0.15) is 15.9 Å². The van der Waals surface area contributed by atoms with Gasteiger partial charge in [0.25, 0.3) is 0 Å². The summed E-state index contributed by atoms with van der Waals surface area (Å²) >= 11 is 0. The third-order valence-corrected chi connectivity index (χ3v) is 3.59. The average molecular weight is 353 g/mol. The van der Waals surface area contributed by atoms with Crippen LogP contribution in [0.4, 0.5) is 22.0 Å². The van der Waals surface area contributed by atoms with Gasteiger partial charge in [-0.05, 0) is 30.3 Å². The van der Waals surface area contributed by atoms with Crippen molar-refractivity contribution in [2.45, 2.75) is 6.18 Å². The van der Waals surface area contributed by atoms with Gasteiger partial charge in [0.05, 0.1) is 22.3 Å². The summed E-state index contributed by atoms with van der Waals surface area (Å²) in [5.74, 6) is -3.82. The zero-order chi connectivity index (χ0) is 18.4. The lowest BCUT2D eigenvalue weighted by Gasteiger charge is -2.13. The summed E-state index contributed by atoms with van der Waals surface area (Å²) < 4.78 is 66.1. The van der Waals surface area contributed by atoms with E-state index in [-0.39, 0.29) is 16.6 Å². The van der Waals surface area contributed by atoms with Gasteiger partial charge < -0.3 is 5.11 Å². The predicted octanol–water partition coefficient (Wildman–Crippen LogP) is 4.90. The SMILES string of the molecule is O=C(O)c1cc(-c2ccc(F)c(F)c2)nc2c(C(F)(F)F)cccc12. The molecule has 3 aromatic rings. The van der Waals surface area contributed by atoms with Crippen LogP contribution in [0, 0.1) is 11.6 Å². The molecule has 0 aliphatic heterocycles. The number of rotatable bonds is 2. The molecule has 25 heavy (non-hydrogen) atoms. The van der Waals surface area contributed by atoms with Crippen molar-refractivity contribution >= 4 is 16.9 Å². The number of fused-ring (bicyclic) bond motifs is 1. The van der Waals surface area contributed by atoms with Crippen LogP contribution in [0.15, 0.2) is 42.5 Å². The Morgan fingerprint density at radius 3 is 2.32 bits per heavy atom. The van der Waals surface area contributed by atoms with E-state index in [9.17, 15) is 31.9 Å². The Labute approximate surface area is 137 Å². The van der Waals surface area contributed by atoms with E-state index in [1.54, 1.807) is 0 Å². The molecule has 2 aromatic carbocycles. The molecule has 3 rings (SSSR count). The van der Waals surface area contributed by atoms with Gasteiger partial charge in [0, 0.05) is 10.9 Å². The highest BCUT2D eigenvalue weighted by Crippen LogP contribution is 2.36. The van der Waals surface area contributed by atoms with E-state index in [0.717, 1.165) is 36.4 Å². The first-order chi connectivity index (χ1) is 11.7. The molecular weight excluding hydrogens is 345 g/mol. The molecule has 3 nitrogen and oxygen atoms in total. The van der Waals surface area contributed by atoms with Crippen molar-refractivity contribution in [3.63, 3.8) is 0 Å². The van der Waals surface area contributed by atoms with Gasteiger partial charge in [0.2, 0.25) is 0 Å². The fourth-order valence-corrected chi connectivity index (χ4v) is 2.46. The van der Waals surface area contributed by atoms with Gasteiger partial charge in [0.15, 0.2) is 11.6 Å². The van der Waals surface area contributed by atoms with Crippen LogP contribution in [0.25, 0.3) is 22.2 Å². The standard InChI is InChI=1S/C17H8F5NO2/c18-12-5-4-8(6-13(12)19)14-7-10(16(24)25)9-2-1-3-11(15(9)23-14)17(20,21)22/h1-7H,(H,24,25). The molecule has 0 bridgehead atoms. The maximum Gasteiger partial charge on any atom is 0.418 e. The van der Waals surface area contributed by atoms with E-state index in [0.29, 0.717) is 0 Å². The Hall–Kier alpha value is -3.03. The quantitative estimate of drug-likeness (QED) is 0.667. The first-order valence-corrected chi connectivity index (χ1v) is 6.88. The number of aromatic nitrogens is 1. The summed E-state index contributed by atoms with van der Waals surface area (Å²) in [6, 6.07) is 6.71. The number of hydrogen-bond acceptors (Lipinski definition) is 2. The molecule has 1 aromatic heterocycles. The fourth-order valence-electron chi connectivity index (χ4n) is 2.46. The summed E-state index contributed by atoms with van der Waals surface area (Å²) in [7, 11) is 0. The number of benzene rings is 2. The number of alkyl halides is 3. The lowest BCUT2D eigenvalue weighted by Crippen LogP contribution is -2.09. The Kier molecular flexibility index (Phi) is 3.90. The lowest BCUT2D eigenvalue weighted by molar-refractivity contribution is -0.136. The summed E-state index contributed by atoms with van der Waals surface area (Å²) in [5.41, 5.74) is -2.36. The number of nitrogens with zero attached hydrogens (tertiary/aromatic N) is 1. The van der Waals surface area contributed by atoms with Crippen LogP contribution >= 0.6 is 0 Å². The molecule has 128 valence electrons. The molecule has 0 fully saturated rings. The van der Waals surface area contributed by atoms with Crippen LogP contribution in [0.5, 0.6) is 0 Å². The van der Waals surface area contributed by atoms with Gasteiger partial charge in [-0.15, -0.1) is 0 Å². The second-order valence-corrected chi connectivity index (χ2v) is 5.19. The minimum absolute atomic E-state index is 0.0414. The van der Waals surface area contributed by atoms with Crippen LogP contribution in [0.2, 0.25) is 0 Å². The molecule has 8 heteroatoms. The highest BCUT2D eigenvalue weighted by Gasteiger charge is 2.34. The molecule has 0 aliphatic carbocycles. The number of para-hydroxylation sites is 1. The van der Waals surface area contributed by atoms with Crippen molar-refractivity contribution < 1.29 is 31.9 Å². The van der Waals surface area contributed by atoms with Gasteiger partial charge in [-0.3, -0.25) is 0 Å². The number of carboxylic acids is 1. The summed E-state index contributed by atoms with van der Waals surface area (Å²) in [6.07, 6.45) is -4.76. The third kappa shape index (κ3) is 3.02. The van der Waals surface area contributed by atoms with E-state index in [4.69, 9.17) is 0 Å². The maximum absolute atomic E-state index is 13.4. The molecule has 1 heterocycles. The Morgan fingerprint density at radius 2 is 1.72 bits per heavy atom. The van der Waals surface area contributed by atoms with Crippen molar-refractivity contribution in [1.82, 2.24) is 4.98 Å². The van der Waals surface area contributed by atoms with Crippen molar-refractivity contribution in [3.8, 4) is 11.3 Å². The van der Waals surface area contributed by atoms with Gasteiger partial charge in [0.1, 0.15) is 0 Å². The first kappa shape index (κ1) is 16.8. The number of carbonyl (C=O) groups is 1. The second kappa shape index (κ2) is 5.80. The first-order valence-electron chi connectivity index (χ1n) is 6.88. The lowest BCUT2D eigenvalue weighted by atomic mass is 10.0. The number of aromatic carboxylic acids is 1. The molecule has 0 atom stereocenters. The molecule has 0 aliphatic rings. The largest absolute Gasteiger partial charge is 0.478 e. The zero-order valence-electron chi connectivity index (χ0n) is 12.2. The molecule has 0 amide bonds. The van der Waals surface area contributed by atoms with Crippen molar-refractivity contribution in [1.29, 1.82) is 0 Å². The zero-order valence-corrected chi connectivity index (χ0v) is 12.2. The number of carboxylic acid groups (broad SMARTS) is 1. The van der Waals surface area contributed by atoms with Crippen LogP contribution < -0.4 is 0 Å². The monoisotopic (exact) mass is 353 g/mol. The third-order valence-electron chi connectivity index (χ3n) is 3.59. The second-order valence-electron chi connectivity index (χ2n) is 5.19. The van der Waals surface area contributed by atoms with Crippen LogP contribution in [-0.2, 0) is 6.18 Å². The molecule has 0 unspecified atom stereocenters. The molecule has 0 radical (unpaired) electrons. The summed E-state index contributed by atoms with van der Waals surface area (Å²) in [4.78, 5) is 15.3. The van der Waals surface area contributed by atoms with Gasteiger partial charge in [-0.1, -0.05) is 12.1 Å². The minimum Gasteiger partial charge on any atom is -0.478 e. The Balaban J connectivity index is 2.38. The van der Waals surface area contributed by atoms with Gasteiger partial charge >= 0.3 is 12.1 Å². The minimum atomic E-state index is -4.76. The van der Waals surface area contributed by atoms with E-state index < -0.39 is 40.4 Å². The Morgan fingerprint density at radius 1 is 1.00 bits per heavy atom. The number of pyridine rings is 1. The highest BCUT2D eigenvalue weighted by molar-refractivity contribution is 6.04. The Bertz CT molecular complexity index is 998. The summed E-state index contributed by atoms with van der Waals surface area (Å²) in [5, 5.41) is 9.10. The predicted molar refractivity (Wildman–Crippen MR) is 79.1 cm³/mol. The van der Waals surface area contributed by atoms with Gasteiger partial charge in [-0.2, -0.15) is 13.2 Å². The normalized spacial score (nSPS) is 11.7. The van der Waals surface area contributed by atoms with E-state index in [1.807, 2.05) is 0 Å². The average Bonchev–Trinajstić information content (AvgIpc) is 2.54. The van der Waals surface area contributed by atoms with E-state index >= 15 is 0 Å².